The summed E-state index contributed by atoms with van der Waals surface area (Å²) >= 11 is 0. The molecule has 1 heterocycles. The molecule has 0 amide bonds. The maximum absolute atomic E-state index is 10.5. The second-order valence-electron chi connectivity index (χ2n) is 4.88. The zero-order chi connectivity index (χ0) is 17.5. The number of hydrogen-bond donors (Lipinski definition) is 2. The van der Waals surface area contributed by atoms with Crippen molar-refractivity contribution in [2.24, 2.45) is 5.73 Å². The number of ether oxygens (including phenoxy) is 2. The highest BCUT2D eigenvalue weighted by Gasteiger charge is 2.11. The van der Waals surface area contributed by atoms with Crippen molar-refractivity contribution in [2.45, 2.75) is 12.5 Å². The van der Waals surface area contributed by atoms with Gasteiger partial charge in [0.2, 0.25) is 0 Å². The third-order valence-electron chi connectivity index (χ3n) is 3.28. The van der Waals surface area contributed by atoms with E-state index in [0.29, 0.717) is 23.7 Å². The molecular formula is C16H18N2O6. The van der Waals surface area contributed by atoms with Crippen molar-refractivity contribution >= 4 is 12.0 Å². The molecule has 0 bridgehead atoms. The number of aliphatic hydroxyl groups is 1. The summed E-state index contributed by atoms with van der Waals surface area (Å²) in [7, 11) is 1.50. The van der Waals surface area contributed by atoms with Crippen LogP contribution >= 0.6 is 0 Å². The molecule has 8 nitrogen and oxygen atoms in total. The molecule has 3 N–H and O–H groups in total. The first-order chi connectivity index (χ1) is 11.5. The van der Waals surface area contributed by atoms with E-state index in [1.807, 2.05) is 0 Å². The van der Waals surface area contributed by atoms with Crippen LogP contribution in [0.15, 0.2) is 41.0 Å². The van der Waals surface area contributed by atoms with E-state index in [9.17, 15) is 10.1 Å². The zero-order valence-electron chi connectivity index (χ0n) is 13.0. The number of methoxy groups -OCH3 is 1. The average Bonchev–Trinajstić information content (AvgIpc) is 3.04. The van der Waals surface area contributed by atoms with E-state index in [-0.39, 0.29) is 18.5 Å². The van der Waals surface area contributed by atoms with Crippen LogP contribution in [0.1, 0.15) is 23.8 Å². The first-order valence-corrected chi connectivity index (χ1v) is 7.17. The molecule has 1 unspecified atom stereocenters. The van der Waals surface area contributed by atoms with Crippen molar-refractivity contribution in [2.75, 3.05) is 13.7 Å². The molecule has 0 aliphatic rings. The van der Waals surface area contributed by atoms with Crippen LogP contribution in [-0.4, -0.2) is 23.7 Å². The standard InChI is InChI=1S/C16H18N2O6/c1-22-15-10-11(13(17)6-8-19)2-4-14(15)23-9-7-12-3-5-16(24-12)18(20)21/h2-5,7,9-10,13,19H,6,8,17H2,1H3/b9-7+. The molecule has 1 aromatic heterocycles. The van der Waals surface area contributed by atoms with Gasteiger partial charge >= 0.3 is 5.88 Å². The maximum atomic E-state index is 10.5. The summed E-state index contributed by atoms with van der Waals surface area (Å²) in [6.07, 6.45) is 3.24. The van der Waals surface area contributed by atoms with Gasteiger partial charge in [0.1, 0.15) is 10.7 Å². The summed E-state index contributed by atoms with van der Waals surface area (Å²) in [4.78, 5) is 9.93. The number of nitro groups is 1. The minimum absolute atomic E-state index is 0.000243. The van der Waals surface area contributed by atoms with Gasteiger partial charge in [-0.2, -0.15) is 0 Å². The number of nitrogens with two attached hydrogens (primary N) is 1. The summed E-state index contributed by atoms with van der Waals surface area (Å²) in [5.41, 5.74) is 6.76. The highest BCUT2D eigenvalue weighted by molar-refractivity contribution is 5.47. The van der Waals surface area contributed by atoms with Gasteiger partial charge < -0.3 is 24.7 Å². The largest absolute Gasteiger partial charge is 0.493 e. The summed E-state index contributed by atoms with van der Waals surface area (Å²) in [5, 5.41) is 19.5. The first kappa shape index (κ1) is 17.5. The van der Waals surface area contributed by atoms with Crippen LogP contribution in [0.5, 0.6) is 11.5 Å². The second kappa shape index (κ2) is 8.14. The Morgan fingerprint density at radius 1 is 1.38 bits per heavy atom. The fourth-order valence-corrected chi connectivity index (χ4v) is 2.02. The molecule has 1 aromatic carbocycles. The van der Waals surface area contributed by atoms with E-state index in [4.69, 9.17) is 24.7 Å². The van der Waals surface area contributed by atoms with E-state index in [1.54, 1.807) is 18.2 Å². The molecule has 2 aromatic rings. The third-order valence-corrected chi connectivity index (χ3v) is 3.28. The Kier molecular flexibility index (Phi) is 5.94. The normalized spacial score (nSPS) is 12.3. The van der Waals surface area contributed by atoms with E-state index >= 15 is 0 Å². The summed E-state index contributed by atoms with van der Waals surface area (Å²) in [6, 6.07) is 7.65. The Labute approximate surface area is 138 Å². The van der Waals surface area contributed by atoms with Crippen molar-refractivity contribution in [1.29, 1.82) is 0 Å². The molecule has 0 aliphatic heterocycles. The fraction of sp³-hybridized carbons (Fsp3) is 0.250. The topological polar surface area (TPSA) is 121 Å². The molecule has 128 valence electrons. The van der Waals surface area contributed by atoms with Gasteiger partial charge in [-0.05, 0) is 30.2 Å². The predicted molar refractivity (Wildman–Crippen MR) is 86.6 cm³/mol. The van der Waals surface area contributed by atoms with Crippen molar-refractivity contribution < 1.29 is 23.9 Å². The highest BCUT2D eigenvalue weighted by Crippen LogP contribution is 2.31. The quantitative estimate of drug-likeness (QED) is 0.432. The number of nitrogens with zero attached hydrogens (tertiary/aromatic N) is 1. The van der Waals surface area contributed by atoms with Crippen LogP contribution in [0.2, 0.25) is 0 Å². The van der Waals surface area contributed by atoms with Crippen molar-refractivity contribution in [3.63, 3.8) is 0 Å². The lowest BCUT2D eigenvalue weighted by atomic mass is 10.0. The van der Waals surface area contributed by atoms with Gasteiger partial charge in [-0.1, -0.05) is 6.07 Å². The molecule has 0 spiro atoms. The highest BCUT2D eigenvalue weighted by atomic mass is 16.6. The van der Waals surface area contributed by atoms with E-state index in [0.717, 1.165) is 5.56 Å². The predicted octanol–water partition coefficient (Wildman–Crippen LogP) is 2.63. The number of hydrogen-bond acceptors (Lipinski definition) is 7. The molecule has 0 radical (unpaired) electrons. The zero-order valence-corrected chi connectivity index (χ0v) is 13.0. The van der Waals surface area contributed by atoms with Crippen LogP contribution < -0.4 is 15.2 Å². The molecular weight excluding hydrogens is 316 g/mol. The summed E-state index contributed by atoms with van der Waals surface area (Å²) in [6.45, 7) is -0.000243. The van der Waals surface area contributed by atoms with E-state index in [2.05, 4.69) is 0 Å². The molecule has 24 heavy (non-hydrogen) atoms. The van der Waals surface area contributed by atoms with E-state index < -0.39 is 4.92 Å². The fourth-order valence-electron chi connectivity index (χ4n) is 2.02. The van der Waals surface area contributed by atoms with Gasteiger partial charge in [0.25, 0.3) is 0 Å². The monoisotopic (exact) mass is 334 g/mol. The first-order valence-electron chi connectivity index (χ1n) is 7.17. The second-order valence-corrected chi connectivity index (χ2v) is 4.88. The van der Waals surface area contributed by atoms with Crippen molar-refractivity contribution in [3.8, 4) is 11.5 Å². The lowest BCUT2D eigenvalue weighted by Gasteiger charge is -2.14. The minimum Gasteiger partial charge on any atom is -0.493 e. The Morgan fingerprint density at radius 2 is 2.17 bits per heavy atom. The lowest BCUT2D eigenvalue weighted by molar-refractivity contribution is -0.402. The van der Waals surface area contributed by atoms with Crippen LogP contribution in [-0.2, 0) is 0 Å². The van der Waals surface area contributed by atoms with Gasteiger partial charge in [0.15, 0.2) is 11.5 Å². The van der Waals surface area contributed by atoms with E-state index in [1.165, 1.54) is 31.6 Å². The Bertz CT molecular complexity index is 725. The van der Waals surface area contributed by atoms with Gasteiger partial charge in [0, 0.05) is 18.7 Å². The van der Waals surface area contributed by atoms with Gasteiger partial charge in [-0.25, -0.2) is 0 Å². The van der Waals surface area contributed by atoms with Crippen LogP contribution in [0.25, 0.3) is 6.08 Å². The smallest absolute Gasteiger partial charge is 0.433 e. The number of benzene rings is 1. The average molecular weight is 334 g/mol. The number of furan rings is 1. The SMILES string of the molecule is COc1cc(C(N)CCO)ccc1O/C=C/c1ccc([N+](=O)[O-])o1. The van der Waals surface area contributed by atoms with Crippen molar-refractivity contribution in [3.05, 3.63) is 58.0 Å². The molecule has 0 aliphatic carbocycles. The Morgan fingerprint density at radius 3 is 2.79 bits per heavy atom. The third kappa shape index (κ3) is 4.34. The van der Waals surface area contributed by atoms with Crippen LogP contribution in [0, 0.1) is 10.1 Å². The van der Waals surface area contributed by atoms with Crippen LogP contribution in [0.3, 0.4) is 0 Å². The minimum atomic E-state index is -0.616. The molecule has 0 saturated carbocycles. The van der Waals surface area contributed by atoms with Gasteiger partial charge in [-0.15, -0.1) is 0 Å². The molecule has 2 rings (SSSR count). The molecule has 1 atom stereocenters. The van der Waals surface area contributed by atoms with Gasteiger partial charge in [0.05, 0.1) is 19.4 Å². The van der Waals surface area contributed by atoms with Crippen LogP contribution in [0.4, 0.5) is 5.88 Å². The Balaban J connectivity index is 2.08. The Hall–Kier alpha value is -2.84. The lowest BCUT2D eigenvalue weighted by Crippen LogP contribution is -2.12. The number of aliphatic hydroxyl groups excluding tert-OH is 1. The van der Waals surface area contributed by atoms with Gasteiger partial charge in [-0.3, -0.25) is 10.1 Å². The molecule has 0 saturated heterocycles. The maximum Gasteiger partial charge on any atom is 0.433 e. The van der Waals surface area contributed by atoms with Crippen molar-refractivity contribution in [1.82, 2.24) is 0 Å². The molecule has 0 fully saturated rings. The number of rotatable bonds is 8. The summed E-state index contributed by atoms with van der Waals surface area (Å²) in [5.74, 6) is 0.891. The summed E-state index contributed by atoms with van der Waals surface area (Å²) < 4.78 is 15.7. The molecule has 8 heteroatoms.